The molecule has 1 aromatic heterocycles. The number of ether oxygens (including phenoxy) is 1. The van der Waals surface area contributed by atoms with Crippen molar-refractivity contribution in [1.82, 2.24) is 14.9 Å². The van der Waals surface area contributed by atoms with Crippen molar-refractivity contribution in [2.24, 2.45) is 0 Å². The number of hydrogen-bond acceptors (Lipinski definition) is 5. The Hall–Kier alpha value is -0.430. The standard InChI is InChI=1S/C13H19N3OS2/c1-8(2)16-3-4-17-11(5-16)12-14-10-7-19-6-9(10)13(18)15-12/h8,11H,3-7H2,1-2H3,(H,14,15,18). The van der Waals surface area contributed by atoms with E-state index in [4.69, 9.17) is 17.0 Å². The van der Waals surface area contributed by atoms with Crippen LogP contribution in [-0.2, 0) is 16.2 Å². The number of nitrogens with zero attached hydrogens (tertiary/aromatic N) is 2. The second-order valence-corrected chi connectivity index (χ2v) is 6.70. The largest absolute Gasteiger partial charge is 0.368 e. The van der Waals surface area contributed by atoms with Gasteiger partial charge >= 0.3 is 0 Å². The molecule has 1 N–H and O–H groups in total. The summed E-state index contributed by atoms with van der Waals surface area (Å²) in [6.07, 6.45) is 0.0220. The van der Waals surface area contributed by atoms with Crippen molar-refractivity contribution in [2.75, 3.05) is 19.7 Å². The van der Waals surface area contributed by atoms with Crippen molar-refractivity contribution >= 4 is 24.0 Å². The number of hydrogen-bond donors (Lipinski definition) is 1. The molecule has 19 heavy (non-hydrogen) atoms. The van der Waals surface area contributed by atoms with Crippen molar-refractivity contribution < 1.29 is 4.74 Å². The van der Waals surface area contributed by atoms with Crippen LogP contribution in [0.5, 0.6) is 0 Å². The monoisotopic (exact) mass is 297 g/mol. The van der Waals surface area contributed by atoms with Crippen molar-refractivity contribution in [3.63, 3.8) is 0 Å². The van der Waals surface area contributed by atoms with Gasteiger partial charge in [-0.15, -0.1) is 0 Å². The van der Waals surface area contributed by atoms with Gasteiger partial charge in [0.25, 0.3) is 0 Å². The zero-order chi connectivity index (χ0) is 13.4. The minimum Gasteiger partial charge on any atom is -0.368 e. The topological polar surface area (TPSA) is 41.1 Å². The van der Waals surface area contributed by atoms with E-state index in [0.29, 0.717) is 6.04 Å². The lowest BCUT2D eigenvalue weighted by molar-refractivity contribution is -0.0444. The molecular formula is C13H19N3OS2. The maximum absolute atomic E-state index is 5.87. The first-order valence-corrected chi connectivity index (χ1v) is 8.27. The number of fused-ring (bicyclic) bond motifs is 1. The summed E-state index contributed by atoms with van der Waals surface area (Å²) in [5, 5.41) is 0. The van der Waals surface area contributed by atoms with E-state index in [1.807, 2.05) is 11.8 Å². The third-order valence-electron chi connectivity index (χ3n) is 3.75. The predicted molar refractivity (Wildman–Crippen MR) is 79.8 cm³/mol. The summed E-state index contributed by atoms with van der Waals surface area (Å²) in [5.74, 6) is 2.90. The van der Waals surface area contributed by atoms with Crippen LogP contribution < -0.4 is 0 Å². The molecule has 4 nitrogen and oxygen atoms in total. The molecule has 2 aliphatic rings. The van der Waals surface area contributed by atoms with Crippen molar-refractivity contribution in [3.8, 4) is 0 Å². The van der Waals surface area contributed by atoms with E-state index in [0.717, 1.165) is 41.7 Å². The first-order valence-electron chi connectivity index (χ1n) is 6.70. The third kappa shape index (κ3) is 2.72. The zero-order valence-electron chi connectivity index (χ0n) is 11.3. The molecule has 0 amide bonds. The number of rotatable bonds is 2. The average molecular weight is 297 g/mol. The second-order valence-electron chi connectivity index (χ2n) is 5.33. The SMILES string of the molecule is CC(C)N1CCOC(c2nc(=S)c3c([nH]2)CSC3)C1. The smallest absolute Gasteiger partial charge is 0.138 e. The van der Waals surface area contributed by atoms with E-state index in [1.165, 1.54) is 11.3 Å². The Morgan fingerprint density at radius 2 is 2.32 bits per heavy atom. The molecule has 0 saturated carbocycles. The summed E-state index contributed by atoms with van der Waals surface area (Å²) in [6, 6.07) is 0.541. The maximum atomic E-state index is 5.87. The number of thioether (sulfide) groups is 1. The first kappa shape index (κ1) is 13.5. The summed E-state index contributed by atoms with van der Waals surface area (Å²) in [7, 11) is 0. The molecule has 1 atom stereocenters. The quantitative estimate of drug-likeness (QED) is 0.850. The molecule has 0 radical (unpaired) electrons. The number of morpholine rings is 1. The van der Waals surface area contributed by atoms with Gasteiger partial charge in [0.1, 0.15) is 16.6 Å². The Labute approximate surface area is 122 Å². The fourth-order valence-electron chi connectivity index (χ4n) is 2.55. The molecule has 2 aliphatic heterocycles. The molecule has 0 aromatic carbocycles. The molecule has 6 heteroatoms. The van der Waals surface area contributed by atoms with Gasteiger partial charge in [0, 0.05) is 41.9 Å². The summed E-state index contributed by atoms with van der Waals surface area (Å²) < 4.78 is 6.62. The van der Waals surface area contributed by atoms with Crippen LogP contribution in [0, 0.1) is 4.64 Å². The van der Waals surface area contributed by atoms with Crippen LogP contribution in [-0.4, -0.2) is 40.6 Å². The first-order chi connectivity index (χ1) is 9.15. The maximum Gasteiger partial charge on any atom is 0.138 e. The molecular weight excluding hydrogens is 278 g/mol. The molecule has 104 valence electrons. The van der Waals surface area contributed by atoms with Gasteiger partial charge in [-0.3, -0.25) is 4.90 Å². The molecule has 3 rings (SSSR count). The van der Waals surface area contributed by atoms with Crippen LogP contribution in [0.2, 0.25) is 0 Å². The molecule has 0 bridgehead atoms. The fraction of sp³-hybridized carbons (Fsp3) is 0.692. The van der Waals surface area contributed by atoms with Crippen LogP contribution in [0.4, 0.5) is 0 Å². The van der Waals surface area contributed by atoms with Gasteiger partial charge in [-0.05, 0) is 13.8 Å². The number of nitrogens with one attached hydrogen (secondary N) is 1. The summed E-state index contributed by atoms with van der Waals surface area (Å²) in [5.41, 5.74) is 2.45. The average Bonchev–Trinajstić information content (AvgIpc) is 2.87. The van der Waals surface area contributed by atoms with Gasteiger partial charge in [0.15, 0.2) is 0 Å². The Bertz CT molecular complexity index is 529. The summed E-state index contributed by atoms with van der Waals surface area (Å²) in [6.45, 7) is 7.09. The van der Waals surface area contributed by atoms with E-state index in [1.54, 1.807) is 0 Å². The van der Waals surface area contributed by atoms with Gasteiger partial charge in [0.05, 0.1) is 6.61 Å². The lowest BCUT2D eigenvalue weighted by Crippen LogP contribution is -2.42. The molecule has 3 heterocycles. The van der Waals surface area contributed by atoms with E-state index in [9.17, 15) is 0 Å². The van der Waals surface area contributed by atoms with Crippen molar-refractivity contribution in [2.45, 2.75) is 37.5 Å². The van der Waals surface area contributed by atoms with E-state index in [2.05, 4.69) is 28.7 Å². The van der Waals surface area contributed by atoms with Crippen LogP contribution in [0.3, 0.4) is 0 Å². The second kappa shape index (κ2) is 5.52. The number of aromatic nitrogens is 2. The number of aromatic amines is 1. The predicted octanol–water partition coefficient (Wildman–Crippen LogP) is 2.67. The third-order valence-corrected chi connectivity index (χ3v) is 5.07. The minimum atomic E-state index is 0.0220. The van der Waals surface area contributed by atoms with Crippen LogP contribution in [0.1, 0.15) is 37.0 Å². The highest BCUT2D eigenvalue weighted by atomic mass is 32.2. The van der Waals surface area contributed by atoms with Gasteiger partial charge < -0.3 is 9.72 Å². The van der Waals surface area contributed by atoms with Gasteiger partial charge in [-0.1, -0.05) is 12.2 Å². The van der Waals surface area contributed by atoms with Crippen LogP contribution in [0.25, 0.3) is 0 Å². The van der Waals surface area contributed by atoms with Crippen molar-refractivity contribution in [1.29, 1.82) is 0 Å². The lowest BCUT2D eigenvalue weighted by atomic mass is 10.2. The molecule has 1 aromatic rings. The highest BCUT2D eigenvalue weighted by molar-refractivity contribution is 7.98. The van der Waals surface area contributed by atoms with E-state index in [-0.39, 0.29) is 6.10 Å². The molecule has 1 saturated heterocycles. The molecule has 1 unspecified atom stereocenters. The number of H-pyrrole nitrogens is 1. The van der Waals surface area contributed by atoms with E-state index < -0.39 is 0 Å². The minimum absolute atomic E-state index is 0.0220. The molecule has 0 aliphatic carbocycles. The van der Waals surface area contributed by atoms with E-state index >= 15 is 0 Å². The molecule has 1 fully saturated rings. The summed E-state index contributed by atoms with van der Waals surface area (Å²) in [4.78, 5) is 10.4. The zero-order valence-corrected chi connectivity index (χ0v) is 12.9. The normalized spacial score (nSPS) is 23.8. The van der Waals surface area contributed by atoms with Crippen LogP contribution in [0.15, 0.2) is 0 Å². The summed E-state index contributed by atoms with van der Waals surface area (Å²) >= 11 is 7.29. The van der Waals surface area contributed by atoms with Crippen molar-refractivity contribution in [3.05, 3.63) is 21.7 Å². The Kier molecular flexibility index (Phi) is 3.93. The highest BCUT2D eigenvalue weighted by Crippen LogP contribution is 2.30. The lowest BCUT2D eigenvalue weighted by Gasteiger charge is -2.35. The molecule has 0 spiro atoms. The van der Waals surface area contributed by atoms with Gasteiger partial charge in [-0.25, -0.2) is 4.98 Å². The van der Waals surface area contributed by atoms with Crippen LogP contribution >= 0.6 is 24.0 Å². The Balaban J connectivity index is 1.86. The van der Waals surface area contributed by atoms with Gasteiger partial charge in [0.2, 0.25) is 0 Å². The Morgan fingerprint density at radius 3 is 3.11 bits per heavy atom. The fourth-order valence-corrected chi connectivity index (χ4v) is 4.00. The highest BCUT2D eigenvalue weighted by Gasteiger charge is 2.26. The Morgan fingerprint density at radius 1 is 1.47 bits per heavy atom. The van der Waals surface area contributed by atoms with Gasteiger partial charge in [-0.2, -0.15) is 11.8 Å².